The first-order chi connectivity index (χ1) is 19.3. The van der Waals surface area contributed by atoms with Crippen molar-refractivity contribution in [2.75, 3.05) is 30.0 Å². The summed E-state index contributed by atoms with van der Waals surface area (Å²) in [6.45, 7) is 4.68. The van der Waals surface area contributed by atoms with Gasteiger partial charge in [0.05, 0.1) is 31.5 Å². The van der Waals surface area contributed by atoms with Crippen molar-refractivity contribution in [1.29, 1.82) is 0 Å². The molecule has 0 aliphatic carbocycles. The first-order valence-electron chi connectivity index (χ1n) is 12.3. The van der Waals surface area contributed by atoms with E-state index in [0.717, 1.165) is 32.9 Å². The van der Waals surface area contributed by atoms with Gasteiger partial charge in [0.15, 0.2) is 0 Å². The van der Waals surface area contributed by atoms with Gasteiger partial charge in [-0.25, -0.2) is 26.9 Å². The Bertz CT molecular complexity index is 1480. The van der Waals surface area contributed by atoms with Crippen LogP contribution in [0.2, 0.25) is 5.02 Å². The highest BCUT2D eigenvalue weighted by atomic mass is 35.5. The third-order valence-electron chi connectivity index (χ3n) is 5.55. The summed E-state index contributed by atoms with van der Waals surface area (Å²) >= 11 is 7.27. The van der Waals surface area contributed by atoms with Gasteiger partial charge in [0, 0.05) is 42.2 Å². The molecule has 0 spiro atoms. The number of hydrogen-bond acceptors (Lipinski definition) is 10. The zero-order chi connectivity index (χ0) is 30.4. The van der Waals surface area contributed by atoms with E-state index >= 15 is 4.39 Å². The molecule has 0 N–H and O–H groups in total. The number of methoxy groups -OCH3 is 2. The molecule has 0 bridgehead atoms. The number of halogens is 2. The summed E-state index contributed by atoms with van der Waals surface area (Å²) in [5, 5.41) is -0.243. The zero-order valence-corrected chi connectivity index (χ0v) is 25.5. The van der Waals surface area contributed by atoms with Crippen LogP contribution in [0.4, 0.5) is 20.0 Å². The van der Waals surface area contributed by atoms with Gasteiger partial charge >= 0.3 is 6.09 Å². The zero-order valence-electron chi connectivity index (χ0n) is 23.1. The summed E-state index contributed by atoms with van der Waals surface area (Å²) in [6.07, 6.45) is 1.41. The van der Waals surface area contributed by atoms with E-state index in [2.05, 4.69) is 9.36 Å². The van der Waals surface area contributed by atoms with Crippen molar-refractivity contribution in [3.8, 4) is 11.5 Å². The fraction of sp³-hybridized carbons (Fsp3) is 0.385. The van der Waals surface area contributed by atoms with Gasteiger partial charge in [-0.05, 0) is 45.4 Å². The van der Waals surface area contributed by atoms with Crippen LogP contribution in [0.25, 0.3) is 0 Å². The van der Waals surface area contributed by atoms with Crippen molar-refractivity contribution in [3.05, 3.63) is 53.1 Å². The number of aromatic nitrogens is 2. The van der Waals surface area contributed by atoms with E-state index in [4.69, 9.17) is 25.8 Å². The summed E-state index contributed by atoms with van der Waals surface area (Å²) in [7, 11) is -1.71. The number of rotatable bonds is 12. The first kappa shape index (κ1) is 32.0. The van der Waals surface area contributed by atoms with Gasteiger partial charge in [-0.2, -0.15) is 4.37 Å². The maximum atomic E-state index is 15.7. The van der Waals surface area contributed by atoms with Gasteiger partial charge in [0.2, 0.25) is 5.13 Å². The van der Waals surface area contributed by atoms with Gasteiger partial charge in [0.25, 0.3) is 10.0 Å². The van der Waals surface area contributed by atoms with Crippen LogP contribution < -0.4 is 18.7 Å². The molecule has 1 amide bonds. The lowest BCUT2D eigenvalue weighted by molar-refractivity contribution is -0.107. The highest BCUT2D eigenvalue weighted by molar-refractivity contribution is 7.93. The van der Waals surface area contributed by atoms with E-state index in [0.29, 0.717) is 23.3 Å². The number of ether oxygens (including phenoxy) is 3. The Balaban J connectivity index is 2.07. The van der Waals surface area contributed by atoms with Gasteiger partial charge in [-0.1, -0.05) is 11.6 Å². The van der Waals surface area contributed by atoms with Crippen LogP contribution in [0.3, 0.4) is 0 Å². The van der Waals surface area contributed by atoms with Gasteiger partial charge < -0.3 is 19.0 Å². The van der Waals surface area contributed by atoms with Gasteiger partial charge in [-0.15, -0.1) is 0 Å². The van der Waals surface area contributed by atoms with Crippen molar-refractivity contribution in [2.24, 2.45) is 0 Å². The lowest BCUT2D eigenvalue weighted by Crippen LogP contribution is -2.38. The normalized spacial score (nSPS) is 11.6. The Morgan fingerprint density at radius 3 is 2.49 bits per heavy atom. The second kappa shape index (κ2) is 13.4. The number of anilines is 2. The predicted molar refractivity (Wildman–Crippen MR) is 153 cm³/mol. The minimum Gasteiger partial charge on any atom is -0.497 e. The molecule has 11 nitrogen and oxygen atoms in total. The molecule has 0 aliphatic heterocycles. The molecular formula is C26H30ClFN4O7S2. The van der Waals surface area contributed by atoms with E-state index < -0.39 is 32.4 Å². The van der Waals surface area contributed by atoms with Crippen LogP contribution in [0.5, 0.6) is 11.5 Å². The minimum absolute atomic E-state index is 0.0207. The fourth-order valence-corrected chi connectivity index (χ4v) is 6.21. The van der Waals surface area contributed by atoms with Gasteiger partial charge in [-0.3, -0.25) is 4.90 Å². The summed E-state index contributed by atoms with van der Waals surface area (Å²) in [5.74, 6) is -0.331. The molecule has 2 aromatic carbocycles. The molecule has 0 radical (unpaired) electrons. The molecule has 0 aliphatic rings. The topological polar surface area (TPSA) is 128 Å². The third kappa shape index (κ3) is 7.83. The van der Waals surface area contributed by atoms with Crippen LogP contribution in [-0.2, 0) is 26.1 Å². The number of hydrogen-bond donors (Lipinski definition) is 0. The number of benzene rings is 2. The number of sulfonamides is 1. The van der Waals surface area contributed by atoms with Crippen molar-refractivity contribution in [1.82, 2.24) is 9.36 Å². The lowest BCUT2D eigenvalue weighted by atomic mass is 10.2. The highest BCUT2D eigenvalue weighted by Crippen LogP contribution is 2.36. The largest absolute Gasteiger partial charge is 0.497 e. The molecule has 41 heavy (non-hydrogen) atoms. The van der Waals surface area contributed by atoms with Crippen molar-refractivity contribution in [2.45, 2.75) is 50.7 Å². The van der Waals surface area contributed by atoms with Crippen LogP contribution in [0.15, 0.2) is 41.6 Å². The predicted octanol–water partition coefficient (Wildman–Crippen LogP) is 5.46. The molecule has 0 atom stereocenters. The van der Waals surface area contributed by atoms with Crippen molar-refractivity contribution in [3.63, 3.8) is 0 Å². The lowest BCUT2D eigenvalue weighted by Gasteiger charge is -2.28. The quantitative estimate of drug-likeness (QED) is 0.190. The smallest absolute Gasteiger partial charge is 0.414 e. The summed E-state index contributed by atoms with van der Waals surface area (Å²) < 4.78 is 64.3. The van der Waals surface area contributed by atoms with Crippen molar-refractivity contribution >= 4 is 56.4 Å². The standard InChI is InChI=1S/C26H30ClFN4O7S2/c1-26(2,3)39-25(34)31(10-6-7-11-33)21-14-20(28)23(13-19(21)27)41(35,36)32(24-29-16-30-40-24)15-17-8-9-18(37-4)12-22(17)38-5/h8-9,11-14,16H,6-7,10,15H2,1-5H3. The number of aldehydes is 1. The number of amides is 1. The minimum atomic E-state index is -4.61. The fourth-order valence-electron chi connectivity index (χ4n) is 3.67. The molecule has 3 aromatic rings. The van der Waals surface area contributed by atoms with E-state index in [1.165, 1.54) is 20.5 Å². The molecule has 222 valence electrons. The van der Waals surface area contributed by atoms with Crippen molar-refractivity contribution < 1.29 is 36.6 Å². The average molecular weight is 629 g/mol. The molecule has 3 rings (SSSR count). The first-order valence-corrected chi connectivity index (χ1v) is 14.8. The second-order valence-electron chi connectivity index (χ2n) is 9.59. The van der Waals surface area contributed by atoms with Crippen LogP contribution in [-0.4, -0.2) is 56.5 Å². The van der Waals surface area contributed by atoms with E-state index in [1.807, 2.05) is 0 Å². The highest BCUT2D eigenvalue weighted by Gasteiger charge is 2.33. The second-order valence-corrected chi connectivity index (χ2v) is 12.6. The molecule has 0 unspecified atom stereocenters. The Hall–Kier alpha value is -3.49. The number of carbonyl (C=O) groups excluding carboxylic acids is 2. The van der Waals surface area contributed by atoms with E-state index in [1.54, 1.807) is 39.0 Å². The molecular weight excluding hydrogens is 599 g/mol. The maximum Gasteiger partial charge on any atom is 0.414 e. The Kier molecular flexibility index (Phi) is 10.5. The Labute approximate surface area is 247 Å². The number of nitrogens with zero attached hydrogens (tertiary/aromatic N) is 4. The maximum absolute atomic E-state index is 15.7. The molecule has 0 fully saturated rings. The van der Waals surface area contributed by atoms with Gasteiger partial charge in [0.1, 0.15) is 40.4 Å². The monoisotopic (exact) mass is 628 g/mol. The molecule has 0 saturated carbocycles. The van der Waals surface area contributed by atoms with Crippen LogP contribution in [0, 0.1) is 5.82 Å². The molecule has 0 saturated heterocycles. The summed E-state index contributed by atoms with van der Waals surface area (Å²) in [4.78, 5) is 28.1. The number of unbranched alkanes of at least 4 members (excludes halogenated alkanes) is 1. The van der Waals surface area contributed by atoms with Crippen LogP contribution in [0.1, 0.15) is 39.2 Å². The summed E-state index contributed by atoms with van der Waals surface area (Å²) in [5.41, 5.74) is -0.539. The molecule has 15 heteroatoms. The molecule has 1 aromatic heterocycles. The average Bonchev–Trinajstić information content (AvgIpc) is 3.44. The third-order valence-corrected chi connectivity index (χ3v) is 8.41. The Morgan fingerprint density at radius 1 is 1.17 bits per heavy atom. The Morgan fingerprint density at radius 2 is 1.90 bits per heavy atom. The van der Waals surface area contributed by atoms with E-state index in [-0.39, 0.29) is 41.8 Å². The van der Waals surface area contributed by atoms with E-state index in [9.17, 15) is 18.0 Å². The summed E-state index contributed by atoms with van der Waals surface area (Å²) in [6, 6.07) is 6.61. The van der Waals surface area contributed by atoms with Crippen LogP contribution >= 0.6 is 23.1 Å². The SMILES string of the molecule is COc1ccc(CN(c2ncns2)S(=O)(=O)c2cc(Cl)c(N(CCCC=O)C(=O)OC(C)(C)C)cc2F)c(OC)c1. The molecule has 1 heterocycles. The number of carbonyl (C=O) groups is 2.